The summed E-state index contributed by atoms with van der Waals surface area (Å²) < 4.78 is 0. The highest BCUT2D eigenvalue weighted by Gasteiger charge is 1.93. The lowest BCUT2D eigenvalue weighted by atomic mass is 10.1. The average Bonchev–Trinajstić information content (AvgIpc) is 2.15. The second-order valence-electron chi connectivity index (χ2n) is 2.58. The third-order valence-corrected chi connectivity index (χ3v) is 1.56. The van der Waals surface area contributed by atoms with Gasteiger partial charge in [0.05, 0.1) is 5.97 Å². The predicted octanol–water partition coefficient (Wildman–Crippen LogP) is 0.148. The van der Waals surface area contributed by atoms with E-state index in [0.29, 0.717) is 5.56 Å². The SMILES string of the molecule is O=C(O)/C=C/c1ccc(C(=O)[O-])cc1. The lowest BCUT2D eigenvalue weighted by molar-refractivity contribution is -0.255. The first kappa shape index (κ1) is 9.98. The van der Waals surface area contributed by atoms with Gasteiger partial charge in [0, 0.05) is 6.08 Å². The van der Waals surface area contributed by atoms with Gasteiger partial charge in [-0.1, -0.05) is 24.3 Å². The van der Waals surface area contributed by atoms with Crippen molar-refractivity contribution in [2.45, 2.75) is 0 Å². The van der Waals surface area contributed by atoms with Crippen LogP contribution in [0.2, 0.25) is 0 Å². The highest BCUT2D eigenvalue weighted by atomic mass is 16.4. The molecule has 0 heterocycles. The smallest absolute Gasteiger partial charge is 0.328 e. The Morgan fingerprint density at radius 2 is 1.79 bits per heavy atom. The van der Waals surface area contributed by atoms with Gasteiger partial charge in [-0.3, -0.25) is 0 Å². The Balaban J connectivity index is 2.83. The molecular weight excluding hydrogens is 184 g/mol. The van der Waals surface area contributed by atoms with Gasteiger partial charge in [-0.05, 0) is 17.2 Å². The summed E-state index contributed by atoms with van der Waals surface area (Å²) in [5.74, 6) is -2.30. The van der Waals surface area contributed by atoms with Crippen molar-refractivity contribution in [3.8, 4) is 0 Å². The minimum Gasteiger partial charge on any atom is -0.545 e. The van der Waals surface area contributed by atoms with Crippen molar-refractivity contribution in [3.05, 3.63) is 41.5 Å². The lowest BCUT2D eigenvalue weighted by Crippen LogP contribution is -2.21. The van der Waals surface area contributed by atoms with Gasteiger partial charge < -0.3 is 15.0 Å². The molecule has 72 valence electrons. The second kappa shape index (κ2) is 4.23. The Morgan fingerprint density at radius 3 is 2.21 bits per heavy atom. The molecule has 1 aromatic rings. The topological polar surface area (TPSA) is 77.4 Å². The van der Waals surface area contributed by atoms with E-state index >= 15 is 0 Å². The third-order valence-electron chi connectivity index (χ3n) is 1.56. The molecule has 0 saturated carbocycles. The zero-order valence-electron chi connectivity index (χ0n) is 7.14. The van der Waals surface area contributed by atoms with Crippen LogP contribution in [-0.2, 0) is 4.79 Å². The highest BCUT2D eigenvalue weighted by molar-refractivity contribution is 5.87. The van der Waals surface area contributed by atoms with Crippen LogP contribution in [0, 0.1) is 0 Å². The molecule has 4 heteroatoms. The molecule has 1 aromatic carbocycles. The molecule has 0 fully saturated rings. The zero-order chi connectivity index (χ0) is 10.6. The van der Waals surface area contributed by atoms with Crippen LogP contribution in [0.15, 0.2) is 30.3 Å². The van der Waals surface area contributed by atoms with Crippen LogP contribution < -0.4 is 5.11 Å². The maximum Gasteiger partial charge on any atom is 0.328 e. The number of carbonyl (C=O) groups is 2. The van der Waals surface area contributed by atoms with Crippen molar-refractivity contribution in [2.24, 2.45) is 0 Å². The minimum absolute atomic E-state index is 0.0671. The molecule has 0 aliphatic rings. The summed E-state index contributed by atoms with van der Waals surface area (Å²) >= 11 is 0. The third kappa shape index (κ3) is 2.75. The molecule has 1 N–H and O–H groups in total. The van der Waals surface area contributed by atoms with Gasteiger partial charge >= 0.3 is 5.97 Å². The van der Waals surface area contributed by atoms with E-state index in [4.69, 9.17) is 5.11 Å². The number of hydrogen-bond donors (Lipinski definition) is 1. The minimum atomic E-state index is -1.25. The van der Waals surface area contributed by atoms with Crippen molar-refractivity contribution < 1.29 is 19.8 Å². The maximum atomic E-state index is 10.4. The quantitative estimate of drug-likeness (QED) is 0.690. The van der Waals surface area contributed by atoms with Crippen molar-refractivity contribution in [3.63, 3.8) is 0 Å². The van der Waals surface area contributed by atoms with E-state index in [0.717, 1.165) is 6.08 Å². The fourth-order valence-corrected chi connectivity index (χ4v) is 0.898. The molecule has 14 heavy (non-hydrogen) atoms. The summed E-state index contributed by atoms with van der Waals surface area (Å²) in [5, 5.41) is 18.7. The van der Waals surface area contributed by atoms with Crippen molar-refractivity contribution in [2.75, 3.05) is 0 Å². The zero-order valence-corrected chi connectivity index (χ0v) is 7.14. The number of benzene rings is 1. The Bertz CT molecular complexity index is 376. The number of rotatable bonds is 3. The summed E-state index contributed by atoms with van der Waals surface area (Å²) in [6.45, 7) is 0. The van der Waals surface area contributed by atoms with E-state index in [-0.39, 0.29) is 5.56 Å². The van der Waals surface area contributed by atoms with Crippen molar-refractivity contribution in [1.29, 1.82) is 0 Å². The summed E-state index contributed by atoms with van der Waals surface area (Å²) in [7, 11) is 0. The van der Waals surface area contributed by atoms with E-state index < -0.39 is 11.9 Å². The number of carbonyl (C=O) groups excluding carboxylic acids is 1. The summed E-state index contributed by atoms with van der Waals surface area (Å²) in [4.78, 5) is 20.5. The van der Waals surface area contributed by atoms with Gasteiger partial charge in [0.2, 0.25) is 0 Å². The molecule has 0 aliphatic heterocycles. The van der Waals surface area contributed by atoms with Crippen LogP contribution in [0.5, 0.6) is 0 Å². The fraction of sp³-hybridized carbons (Fsp3) is 0. The maximum absolute atomic E-state index is 10.4. The number of hydrogen-bond acceptors (Lipinski definition) is 3. The van der Waals surface area contributed by atoms with Gasteiger partial charge in [-0.25, -0.2) is 4.79 Å². The molecule has 0 atom stereocenters. The van der Waals surface area contributed by atoms with Crippen LogP contribution in [-0.4, -0.2) is 17.0 Å². The normalized spacial score (nSPS) is 10.3. The molecule has 0 radical (unpaired) electrons. The molecule has 0 spiro atoms. The molecule has 0 aromatic heterocycles. The first-order valence-corrected chi connectivity index (χ1v) is 3.82. The molecule has 0 unspecified atom stereocenters. The van der Waals surface area contributed by atoms with E-state index in [1.54, 1.807) is 0 Å². The van der Waals surface area contributed by atoms with Crippen molar-refractivity contribution >= 4 is 18.0 Å². The largest absolute Gasteiger partial charge is 0.545 e. The Morgan fingerprint density at radius 1 is 1.21 bits per heavy atom. The first-order chi connectivity index (χ1) is 6.59. The standard InChI is InChI=1S/C10H8O4/c11-9(12)6-3-7-1-4-8(5-2-7)10(13)14/h1-6H,(H,11,12)(H,13,14)/p-1/b6-3+. The molecule has 0 aliphatic carbocycles. The Hall–Kier alpha value is -2.10. The monoisotopic (exact) mass is 191 g/mol. The molecular formula is C10H7O4-. The highest BCUT2D eigenvalue weighted by Crippen LogP contribution is 2.05. The van der Waals surface area contributed by atoms with E-state index in [9.17, 15) is 14.7 Å². The van der Waals surface area contributed by atoms with Crippen LogP contribution in [0.25, 0.3) is 6.08 Å². The Labute approximate surface area is 80.1 Å². The van der Waals surface area contributed by atoms with E-state index in [2.05, 4.69) is 0 Å². The molecule has 0 amide bonds. The van der Waals surface area contributed by atoms with Crippen LogP contribution >= 0.6 is 0 Å². The van der Waals surface area contributed by atoms with Crippen LogP contribution in [0.4, 0.5) is 0 Å². The molecule has 1 rings (SSSR count). The average molecular weight is 191 g/mol. The van der Waals surface area contributed by atoms with E-state index in [1.165, 1.54) is 30.3 Å². The van der Waals surface area contributed by atoms with Gasteiger partial charge in [-0.2, -0.15) is 0 Å². The molecule has 4 nitrogen and oxygen atoms in total. The van der Waals surface area contributed by atoms with E-state index in [1.807, 2.05) is 0 Å². The van der Waals surface area contributed by atoms with Crippen LogP contribution in [0.1, 0.15) is 15.9 Å². The Kier molecular flexibility index (Phi) is 3.01. The second-order valence-corrected chi connectivity index (χ2v) is 2.58. The van der Waals surface area contributed by atoms with Gasteiger partial charge in [0.1, 0.15) is 0 Å². The van der Waals surface area contributed by atoms with Crippen molar-refractivity contribution in [1.82, 2.24) is 0 Å². The fourth-order valence-electron chi connectivity index (χ4n) is 0.898. The number of aromatic carboxylic acids is 1. The first-order valence-electron chi connectivity index (χ1n) is 3.82. The number of carboxylic acids is 2. The van der Waals surface area contributed by atoms with Crippen LogP contribution in [0.3, 0.4) is 0 Å². The predicted molar refractivity (Wildman–Crippen MR) is 47.4 cm³/mol. The van der Waals surface area contributed by atoms with Gasteiger partial charge in [-0.15, -0.1) is 0 Å². The summed E-state index contributed by atoms with van der Waals surface area (Å²) in [5.41, 5.74) is 0.690. The summed E-state index contributed by atoms with van der Waals surface area (Å²) in [6.07, 6.45) is 2.36. The van der Waals surface area contributed by atoms with Gasteiger partial charge in [0.15, 0.2) is 0 Å². The number of aliphatic carboxylic acids is 1. The lowest BCUT2D eigenvalue weighted by Gasteiger charge is -2.01. The summed E-state index contributed by atoms with van der Waals surface area (Å²) in [6, 6.07) is 5.73. The molecule has 0 saturated heterocycles. The molecule has 0 bridgehead atoms. The number of carboxylic acid groups (broad SMARTS) is 2. The van der Waals surface area contributed by atoms with Gasteiger partial charge in [0.25, 0.3) is 0 Å².